The number of nitrogens with zero attached hydrogens (tertiary/aromatic N) is 5. The average Bonchev–Trinajstić information content (AvgIpc) is 3.35. The summed E-state index contributed by atoms with van der Waals surface area (Å²) in [5, 5.41) is 7.19. The lowest BCUT2D eigenvalue weighted by atomic mass is 10.0. The Bertz CT molecular complexity index is 1530. The van der Waals surface area contributed by atoms with Gasteiger partial charge in [0.25, 0.3) is 11.8 Å². The van der Waals surface area contributed by atoms with E-state index < -0.39 is 34.9 Å². The molecule has 1 fully saturated rings. The molecule has 8 nitrogen and oxygen atoms in total. The van der Waals surface area contributed by atoms with Crippen LogP contribution in [0.1, 0.15) is 32.0 Å². The first-order chi connectivity index (χ1) is 18.6. The topological polar surface area (TPSA) is 82.8 Å². The van der Waals surface area contributed by atoms with Crippen LogP contribution >= 0.6 is 0 Å². The number of rotatable bonds is 5. The van der Waals surface area contributed by atoms with Crippen molar-refractivity contribution < 1.29 is 31.5 Å². The van der Waals surface area contributed by atoms with Crippen molar-refractivity contribution in [2.45, 2.75) is 12.7 Å². The van der Waals surface area contributed by atoms with Crippen molar-refractivity contribution in [3.05, 3.63) is 94.8 Å². The second-order valence-electron chi connectivity index (χ2n) is 8.90. The third-order valence-electron chi connectivity index (χ3n) is 6.31. The molecule has 0 saturated carbocycles. The van der Waals surface area contributed by atoms with E-state index in [2.05, 4.69) is 15.4 Å². The molecule has 2 amide bonds. The van der Waals surface area contributed by atoms with Crippen LogP contribution in [0.25, 0.3) is 5.65 Å². The van der Waals surface area contributed by atoms with Crippen LogP contribution in [0.3, 0.4) is 0 Å². The van der Waals surface area contributed by atoms with Gasteiger partial charge in [0.2, 0.25) is 0 Å². The van der Waals surface area contributed by atoms with Crippen LogP contribution < -0.4 is 10.2 Å². The van der Waals surface area contributed by atoms with Gasteiger partial charge in [-0.15, -0.1) is 5.10 Å². The fourth-order valence-electron chi connectivity index (χ4n) is 4.27. The summed E-state index contributed by atoms with van der Waals surface area (Å²) in [6, 6.07) is 10.9. The molecule has 0 atom stereocenters. The molecule has 0 spiro atoms. The summed E-state index contributed by atoms with van der Waals surface area (Å²) in [7, 11) is 0. The zero-order valence-corrected chi connectivity index (χ0v) is 20.3. The van der Waals surface area contributed by atoms with Crippen molar-refractivity contribution in [2.75, 3.05) is 31.1 Å². The highest BCUT2D eigenvalue weighted by atomic mass is 19.4. The van der Waals surface area contributed by atoms with Gasteiger partial charge in [-0.2, -0.15) is 13.2 Å². The van der Waals surface area contributed by atoms with Crippen molar-refractivity contribution >= 4 is 23.3 Å². The normalized spacial score (nSPS) is 14.1. The monoisotopic (exact) mass is 544 g/mol. The molecule has 4 aromatic rings. The van der Waals surface area contributed by atoms with Crippen LogP contribution in [-0.4, -0.2) is 57.5 Å². The Morgan fingerprint density at radius 1 is 0.897 bits per heavy atom. The molecule has 0 radical (unpaired) electrons. The van der Waals surface area contributed by atoms with Gasteiger partial charge in [0.15, 0.2) is 5.65 Å². The van der Waals surface area contributed by atoms with Gasteiger partial charge in [-0.3, -0.25) is 9.59 Å². The predicted molar refractivity (Wildman–Crippen MR) is 130 cm³/mol. The Morgan fingerprint density at radius 3 is 2.28 bits per heavy atom. The number of halogens is 5. The number of hydrogen-bond acceptors (Lipinski definition) is 5. The average molecular weight is 544 g/mol. The number of hydrogen-bond donors (Lipinski definition) is 1. The summed E-state index contributed by atoms with van der Waals surface area (Å²) in [5.41, 5.74) is -0.628. The summed E-state index contributed by atoms with van der Waals surface area (Å²) >= 11 is 0. The predicted octanol–water partition coefficient (Wildman–Crippen LogP) is 3.92. The molecule has 2 aromatic heterocycles. The molecule has 2 aromatic carbocycles. The largest absolute Gasteiger partial charge is 0.417 e. The van der Waals surface area contributed by atoms with Gasteiger partial charge in [-0.25, -0.2) is 18.3 Å². The lowest BCUT2D eigenvalue weighted by Gasteiger charge is -2.35. The number of carbonyl (C=O) groups excluding carboxylic acids is 2. The first kappa shape index (κ1) is 26.1. The number of amides is 2. The highest BCUT2D eigenvalue weighted by molar-refractivity contribution is 5.96. The zero-order chi connectivity index (χ0) is 27.7. The van der Waals surface area contributed by atoms with Gasteiger partial charge in [-0.05, 0) is 48.0 Å². The van der Waals surface area contributed by atoms with E-state index in [9.17, 15) is 31.5 Å². The van der Waals surface area contributed by atoms with E-state index in [1.54, 1.807) is 24.3 Å². The van der Waals surface area contributed by atoms with Crippen molar-refractivity contribution in [2.24, 2.45) is 0 Å². The fourth-order valence-corrected chi connectivity index (χ4v) is 4.27. The summed E-state index contributed by atoms with van der Waals surface area (Å²) in [6.07, 6.45) is -3.33. The van der Waals surface area contributed by atoms with E-state index in [0.717, 1.165) is 5.56 Å². The summed E-state index contributed by atoms with van der Waals surface area (Å²) in [6.45, 7) is 0.955. The minimum atomic E-state index is -4.79. The lowest BCUT2D eigenvalue weighted by Crippen LogP contribution is -2.49. The molecule has 1 saturated heterocycles. The lowest BCUT2D eigenvalue weighted by molar-refractivity contribution is -0.138. The van der Waals surface area contributed by atoms with E-state index in [1.807, 2.05) is 4.90 Å². The molecule has 0 bridgehead atoms. The van der Waals surface area contributed by atoms with Crippen molar-refractivity contribution in [3.63, 3.8) is 0 Å². The second kappa shape index (κ2) is 10.3. The highest BCUT2D eigenvalue weighted by Crippen LogP contribution is 2.33. The molecule has 1 N–H and O–H groups in total. The molecule has 202 valence electrons. The maximum absolute atomic E-state index is 13.7. The van der Waals surface area contributed by atoms with Crippen LogP contribution in [0, 0.1) is 11.6 Å². The van der Waals surface area contributed by atoms with Crippen molar-refractivity contribution in [1.29, 1.82) is 0 Å². The van der Waals surface area contributed by atoms with E-state index in [0.29, 0.717) is 29.7 Å². The number of aromatic nitrogens is 3. The smallest absolute Gasteiger partial charge is 0.352 e. The van der Waals surface area contributed by atoms with Gasteiger partial charge in [0.1, 0.15) is 23.1 Å². The molecule has 3 heterocycles. The number of fused-ring (bicyclic) bond motifs is 1. The molecule has 0 unspecified atom stereocenters. The first-order valence-corrected chi connectivity index (χ1v) is 11.9. The van der Waals surface area contributed by atoms with Gasteiger partial charge in [-0.1, -0.05) is 12.1 Å². The van der Waals surface area contributed by atoms with Crippen LogP contribution in [-0.2, 0) is 12.7 Å². The number of imidazole rings is 1. The third-order valence-corrected chi connectivity index (χ3v) is 6.31. The maximum Gasteiger partial charge on any atom is 0.417 e. The van der Waals surface area contributed by atoms with Crippen molar-refractivity contribution in [3.8, 4) is 0 Å². The SMILES string of the molecule is O=C(NCc1ccc(F)cc1)c1cn2nc(N3CCN(C(=O)c4cc(F)ccc4C(F)(F)F)CC3)ccc2n1. The molecule has 0 aliphatic carbocycles. The summed E-state index contributed by atoms with van der Waals surface area (Å²) in [4.78, 5) is 32.7. The molecule has 39 heavy (non-hydrogen) atoms. The van der Waals surface area contributed by atoms with E-state index >= 15 is 0 Å². The maximum atomic E-state index is 13.7. The van der Waals surface area contributed by atoms with Gasteiger partial charge >= 0.3 is 6.18 Å². The standard InChI is InChI=1S/C26H21F5N6O2/c27-17-3-1-16(2-4-17)14-32-24(38)21-15-37-22(33-21)7-8-23(34-37)35-9-11-36(12-10-35)25(39)19-13-18(28)5-6-20(19)26(29,30)31/h1-8,13,15H,9-12,14H2,(H,32,38). The number of anilines is 1. The quantitative estimate of drug-likeness (QED) is 0.386. The minimum Gasteiger partial charge on any atom is -0.352 e. The molecular weight excluding hydrogens is 523 g/mol. The number of carbonyl (C=O) groups is 2. The Kier molecular flexibility index (Phi) is 6.89. The number of alkyl halides is 3. The number of piperazine rings is 1. The Balaban J connectivity index is 1.24. The third kappa shape index (κ3) is 5.66. The first-order valence-electron chi connectivity index (χ1n) is 11.9. The van der Waals surface area contributed by atoms with E-state index in [4.69, 9.17) is 0 Å². The molecule has 1 aliphatic rings. The Labute approximate surface area is 218 Å². The van der Waals surface area contributed by atoms with Gasteiger partial charge in [0.05, 0.1) is 17.3 Å². The van der Waals surface area contributed by atoms with Crippen LogP contribution in [0.2, 0.25) is 0 Å². The number of benzene rings is 2. The van der Waals surface area contributed by atoms with E-state index in [-0.39, 0.29) is 44.2 Å². The number of nitrogens with one attached hydrogen (secondary N) is 1. The van der Waals surface area contributed by atoms with Gasteiger partial charge < -0.3 is 15.1 Å². The Hall–Kier alpha value is -4.55. The van der Waals surface area contributed by atoms with Crippen LogP contribution in [0.15, 0.2) is 60.8 Å². The summed E-state index contributed by atoms with van der Waals surface area (Å²) < 4.78 is 68.2. The second-order valence-corrected chi connectivity index (χ2v) is 8.90. The minimum absolute atomic E-state index is 0.104. The van der Waals surface area contributed by atoms with Crippen LogP contribution in [0.4, 0.5) is 27.8 Å². The molecule has 5 rings (SSSR count). The summed E-state index contributed by atoms with van der Waals surface area (Å²) in [5.74, 6) is -2.11. The zero-order valence-electron chi connectivity index (χ0n) is 20.3. The fraction of sp³-hybridized carbons (Fsp3) is 0.231. The molecule has 1 aliphatic heterocycles. The highest BCUT2D eigenvalue weighted by Gasteiger charge is 2.37. The molecular formula is C26H21F5N6O2. The van der Waals surface area contributed by atoms with Crippen molar-refractivity contribution in [1.82, 2.24) is 24.8 Å². The Morgan fingerprint density at radius 2 is 1.59 bits per heavy atom. The van der Waals surface area contributed by atoms with Crippen LogP contribution in [0.5, 0.6) is 0 Å². The van der Waals surface area contributed by atoms with Gasteiger partial charge in [0, 0.05) is 32.7 Å². The molecule has 13 heteroatoms. The van der Waals surface area contributed by atoms with E-state index in [1.165, 1.54) is 27.7 Å².